The molecule has 2 fully saturated rings. The number of carbonyl (C=O) groups excluding carboxylic acids is 2. The monoisotopic (exact) mass is 356 g/mol. The van der Waals surface area contributed by atoms with Crippen LogP contribution in [0, 0.1) is 0 Å². The Hall–Kier alpha value is -2.21. The fraction of sp³-hybridized carbons (Fsp3) is 0.550. The van der Waals surface area contributed by atoms with Gasteiger partial charge in [0.2, 0.25) is 11.8 Å². The molecule has 140 valence electrons. The van der Waals surface area contributed by atoms with Gasteiger partial charge in [0, 0.05) is 57.7 Å². The molecule has 0 atom stereocenters. The van der Waals surface area contributed by atoms with E-state index in [0.717, 1.165) is 44.6 Å². The van der Waals surface area contributed by atoms with Gasteiger partial charge in [-0.3, -0.25) is 19.5 Å². The summed E-state index contributed by atoms with van der Waals surface area (Å²) in [6.07, 6.45) is 11.6. The summed E-state index contributed by atoms with van der Waals surface area (Å²) in [7, 11) is 0. The number of nitrogens with zero attached hydrogens (tertiary/aromatic N) is 4. The fourth-order valence-corrected chi connectivity index (χ4v) is 3.49. The number of hydrogen-bond donors (Lipinski definition) is 0. The number of carbonyl (C=O) groups is 2. The van der Waals surface area contributed by atoms with Crippen molar-refractivity contribution < 1.29 is 9.59 Å². The lowest BCUT2D eigenvalue weighted by Crippen LogP contribution is -2.51. The second-order valence-corrected chi connectivity index (χ2v) is 7.02. The smallest absolute Gasteiger partial charge is 0.246 e. The van der Waals surface area contributed by atoms with Crippen LogP contribution < -0.4 is 0 Å². The van der Waals surface area contributed by atoms with Gasteiger partial charge in [-0.1, -0.05) is 18.9 Å². The molecule has 3 heterocycles. The summed E-state index contributed by atoms with van der Waals surface area (Å²) in [5, 5.41) is 0. The van der Waals surface area contributed by atoms with Gasteiger partial charge in [-0.15, -0.1) is 0 Å². The van der Waals surface area contributed by atoms with E-state index in [-0.39, 0.29) is 11.8 Å². The van der Waals surface area contributed by atoms with Gasteiger partial charge < -0.3 is 9.80 Å². The predicted molar refractivity (Wildman–Crippen MR) is 101 cm³/mol. The molecule has 2 aliphatic heterocycles. The van der Waals surface area contributed by atoms with Crippen molar-refractivity contribution in [3.05, 3.63) is 36.2 Å². The predicted octanol–water partition coefficient (Wildman–Crippen LogP) is 1.64. The third-order valence-electron chi connectivity index (χ3n) is 5.10. The van der Waals surface area contributed by atoms with Crippen LogP contribution in [0.25, 0.3) is 6.08 Å². The first-order valence-corrected chi connectivity index (χ1v) is 9.59. The van der Waals surface area contributed by atoms with Crippen LogP contribution in [0.3, 0.4) is 0 Å². The average Bonchev–Trinajstić information content (AvgIpc) is 2.97. The summed E-state index contributed by atoms with van der Waals surface area (Å²) >= 11 is 0. The zero-order valence-electron chi connectivity index (χ0n) is 15.3. The first kappa shape index (κ1) is 18.6. The second kappa shape index (κ2) is 9.48. The van der Waals surface area contributed by atoms with Gasteiger partial charge in [0.25, 0.3) is 0 Å². The Kier molecular flexibility index (Phi) is 6.77. The summed E-state index contributed by atoms with van der Waals surface area (Å²) < 4.78 is 0. The van der Waals surface area contributed by atoms with Crippen molar-refractivity contribution in [1.82, 2.24) is 19.7 Å². The lowest BCUT2D eigenvalue weighted by Gasteiger charge is -2.34. The van der Waals surface area contributed by atoms with Crippen LogP contribution in [0.2, 0.25) is 0 Å². The Labute approximate surface area is 155 Å². The van der Waals surface area contributed by atoms with Gasteiger partial charge in [0.1, 0.15) is 0 Å². The number of likely N-dealkylation sites (tertiary alicyclic amines) is 1. The summed E-state index contributed by atoms with van der Waals surface area (Å²) in [5.41, 5.74) is 0.919. The quantitative estimate of drug-likeness (QED) is 0.770. The molecule has 0 bridgehead atoms. The highest BCUT2D eigenvalue weighted by atomic mass is 16.2. The minimum atomic E-state index is 0.0207. The average molecular weight is 356 g/mol. The summed E-state index contributed by atoms with van der Waals surface area (Å²) in [6.45, 7) is 5.13. The van der Waals surface area contributed by atoms with Crippen LogP contribution in [-0.4, -0.2) is 77.3 Å². The van der Waals surface area contributed by atoms with E-state index in [9.17, 15) is 9.59 Å². The molecule has 0 spiro atoms. The number of rotatable bonds is 4. The Bertz CT molecular complexity index is 616. The Morgan fingerprint density at radius 1 is 0.962 bits per heavy atom. The van der Waals surface area contributed by atoms with Gasteiger partial charge >= 0.3 is 0 Å². The highest BCUT2D eigenvalue weighted by molar-refractivity contribution is 5.91. The van der Waals surface area contributed by atoms with Crippen molar-refractivity contribution in [2.75, 3.05) is 45.8 Å². The Balaban J connectivity index is 1.42. The molecule has 2 amide bonds. The second-order valence-electron chi connectivity index (χ2n) is 7.02. The largest absolute Gasteiger partial charge is 0.342 e. The van der Waals surface area contributed by atoms with Gasteiger partial charge in [0.15, 0.2) is 0 Å². The molecule has 0 aromatic carbocycles. The highest BCUT2D eigenvalue weighted by Crippen LogP contribution is 2.11. The maximum atomic E-state index is 12.5. The van der Waals surface area contributed by atoms with E-state index in [1.54, 1.807) is 24.5 Å². The van der Waals surface area contributed by atoms with Crippen molar-refractivity contribution in [2.24, 2.45) is 0 Å². The molecular weight excluding hydrogens is 328 g/mol. The molecule has 0 unspecified atom stereocenters. The van der Waals surface area contributed by atoms with E-state index in [1.165, 1.54) is 12.8 Å². The molecule has 0 saturated carbocycles. The van der Waals surface area contributed by atoms with Crippen LogP contribution in [0.4, 0.5) is 0 Å². The Morgan fingerprint density at radius 2 is 1.69 bits per heavy atom. The fourth-order valence-electron chi connectivity index (χ4n) is 3.49. The van der Waals surface area contributed by atoms with Crippen LogP contribution in [0.1, 0.15) is 31.2 Å². The topological polar surface area (TPSA) is 56.8 Å². The minimum Gasteiger partial charge on any atom is -0.342 e. The van der Waals surface area contributed by atoms with E-state index in [1.807, 2.05) is 21.9 Å². The lowest BCUT2D eigenvalue weighted by molar-refractivity contribution is -0.133. The molecular formula is C20H28N4O2. The molecule has 6 nitrogen and oxygen atoms in total. The maximum Gasteiger partial charge on any atom is 0.246 e. The van der Waals surface area contributed by atoms with Crippen LogP contribution in [-0.2, 0) is 9.59 Å². The van der Waals surface area contributed by atoms with Crippen LogP contribution in [0.5, 0.6) is 0 Å². The standard InChI is InChI=1S/C20H28N4O2/c25-19(8-7-18-6-5-9-21-16-18)24-14-12-22(13-15-24)17-20(26)23-10-3-1-2-4-11-23/h5-9,16H,1-4,10-15,17H2/b8-7+. The lowest BCUT2D eigenvalue weighted by atomic mass is 10.2. The molecule has 2 aliphatic rings. The van der Waals surface area contributed by atoms with Gasteiger partial charge in [-0.05, 0) is 30.5 Å². The molecule has 0 aliphatic carbocycles. The zero-order chi connectivity index (χ0) is 18.2. The van der Waals surface area contributed by atoms with E-state index >= 15 is 0 Å². The highest BCUT2D eigenvalue weighted by Gasteiger charge is 2.23. The third kappa shape index (κ3) is 5.39. The zero-order valence-corrected chi connectivity index (χ0v) is 15.3. The SMILES string of the molecule is O=C(/C=C/c1cccnc1)N1CCN(CC(=O)N2CCCCCC2)CC1. The first-order chi connectivity index (χ1) is 12.7. The van der Waals surface area contributed by atoms with E-state index in [0.29, 0.717) is 19.6 Å². The summed E-state index contributed by atoms with van der Waals surface area (Å²) in [4.78, 5) is 34.9. The molecule has 1 aromatic rings. The third-order valence-corrected chi connectivity index (χ3v) is 5.10. The maximum absolute atomic E-state index is 12.5. The Morgan fingerprint density at radius 3 is 2.35 bits per heavy atom. The molecule has 3 rings (SSSR count). The van der Waals surface area contributed by atoms with Crippen molar-refractivity contribution in [2.45, 2.75) is 25.7 Å². The van der Waals surface area contributed by atoms with Crippen molar-refractivity contribution in [3.63, 3.8) is 0 Å². The number of pyridine rings is 1. The van der Waals surface area contributed by atoms with E-state index in [2.05, 4.69) is 9.88 Å². The molecule has 2 saturated heterocycles. The number of amides is 2. The minimum absolute atomic E-state index is 0.0207. The van der Waals surface area contributed by atoms with Crippen molar-refractivity contribution in [1.29, 1.82) is 0 Å². The first-order valence-electron chi connectivity index (χ1n) is 9.59. The van der Waals surface area contributed by atoms with Gasteiger partial charge in [-0.25, -0.2) is 0 Å². The van der Waals surface area contributed by atoms with E-state index in [4.69, 9.17) is 0 Å². The van der Waals surface area contributed by atoms with Crippen molar-refractivity contribution in [3.8, 4) is 0 Å². The van der Waals surface area contributed by atoms with Gasteiger partial charge in [-0.2, -0.15) is 0 Å². The molecule has 0 N–H and O–H groups in total. The van der Waals surface area contributed by atoms with E-state index < -0.39 is 0 Å². The van der Waals surface area contributed by atoms with Gasteiger partial charge in [0.05, 0.1) is 6.54 Å². The van der Waals surface area contributed by atoms with Crippen molar-refractivity contribution >= 4 is 17.9 Å². The van der Waals surface area contributed by atoms with Crippen LogP contribution in [0.15, 0.2) is 30.6 Å². The number of aromatic nitrogens is 1. The summed E-state index contributed by atoms with van der Waals surface area (Å²) in [6, 6.07) is 3.77. The summed E-state index contributed by atoms with van der Waals surface area (Å²) in [5.74, 6) is 0.260. The molecule has 26 heavy (non-hydrogen) atoms. The molecule has 0 radical (unpaired) electrons. The van der Waals surface area contributed by atoms with Crippen LogP contribution >= 0.6 is 0 Å². The molecule has 6 heteroatoms. The number of hydrogen-bond acceptors (Lipinski definition) is 4. The molecule has 1 aromatic heterocycles. The normalized spacial score (nSPS) is 19.5. The number of piperazine rings is 1.